The molecule has 0 saturated carbocycles. The van der Waals surface area contributed by atoms with Crippen LogP contribution in [0.25, 0.3) is 0 Å². The maximum atomic E-state index is 12.8. The Morgan fingerprint density at radius 2 is 1.44 bits per heavy atom. The molecule has 0 atom stereocenters. The molecule has 142 valence electrons. The minimum Gasteiger partial charge on any atom is -0.335 e. The van der Waals surface area contributed by atoms with E-state index in [0.29, 0.717) is 31.9 Å². The van der Waals surface area contributed by atoms with Crippen molar-refractivity contribution in [1.82, 2.24) is 19.6 Å². The maximum Gasteiger partial charge on any atom is 0.274 e. The van der Waals surface area contributed by atoms with E-state index in [1.54, 1.807) is 0 Å². The van der Waals surface area contributed by atoms with Crippen molar-refractivity contribution in [1.29, 1.82) is 0 Å². The Morgan fingerprint density at radius 3 is 2.07 bits per heavy atom. The third kappa shape index (κ3) is 3.61. The van der Waals surface area contributed by atoms with Crippen LogP contribution in [-0.2, 0) is 13.0 Å². The van der Waals surface area contributed by atoms with Crippen molar-refractivity contribution in [3.8, 4) is 0 Å². The molecule has 3 heterocycles. The van der Waals surface area contributed by atoms with E-state index in [4.69, 9.17) is 0 Å². The van der Waals surface area contributed by atoms with E-state index in [-0.39, 0.29) is 11.8 Å². The van der Waals surface area contributed by atoms with Crippen molar-refractivity contribution in [2.75, 3.05) is 26.2 Å². The molecule has 2 amide bonds. The highest BCUT2D eigenvalue weighted by Gasteiger charge is 2.27. The third-order valence-electron chi connectivity index (χ3n) is 5.46. The minimum atomic E-state index is -0.0181. The van der Waals surface area contributed by atoms with Gasteiger partial charge in [0.2, 0.25) is 0 Å². The van der Waals surface area contributed by atoms with Gasteiger partial charge < -0.3 is 9.80 Å². The number of benzene rings is 1. The van der Waals surface area contributed by atoms with Gasteiger partial charge in [-0.2, -0.15) is 5.10 Å². The number of fused-ring (bicyclic) bond motifs is 1. The molecule has 0 aliphatic carbocycles. The molecular weight excluding hydrogens is 340 g/mol. The summed E-state index contributed by atoms with van der Waals surface area (Å²) in [4.78, 5) is 29.3. The minimum absolute atomic E-state index is 0.0181. The highest BCUT2D eigenvalue weighted by molar-refractivity contribution is 5.95. The number of amides is 2. The first-order valence-corrected chi connectivity index (χ1v) is 9.75. The second-order valence-electron chi connectivity index (χ2n) is 7.66. The van der Waals surface area contributed by atoms with Gasteiger partial charge in [0.05, 0.1) is 0 Å². The summed E-state index contributed by atoms with van der Waals surface area (Å²) in [5.74, 6) is 0.0294. The Kier molecular flexibility index (Phi) is 4.72. The van der Waals surface area contributed by atoms with Crippen LogP contribution in [0.2, 0.25) is 0 Å². The van der Waals surface area contributed by atoms with E-state index in [1.807, 2.05) is 46.5 Å². The topological polar surface area (TPSA) is 58.4 Å². The van der Waals surface area contributed by atoms with Crippen LogP contribution in [0.5, 0.6) is 0 Å². The molecule has 1 saturated heterocycles. The first-order valence-electron chi connectivity index (χ1n) is 9.75. The number of rotatable bonds is 2. The van der Waals surface area contributed by atoms with Gasteiger partial charge in [-0.15, -0.1) is 0 Å². The highest BCUT2D eigenvalue weighted by atomic mass is 16.2. The molecule has 6 heteroatoms. The zero-order valence-corrected chi connectivity index (χ0v) is 16.1. The lowest BCUT2D eigenvalue weighted by Crippen LogP contribution is -2.50. The first kappa shape index (κ1) is 17.8. The van der Waals surface area contributed by atoms with Crippen molar-refractivity contribution >= 4 is 11.8 Å². The summed E-state index contributed by atoms with van der Waals surface area (Å²) in [6, 6.07) is 7.87. The van der Waals surface area contributed by atoms with Gasteiger partial charge in [0, 0.05) is 44.0 Å². The molecule has 2 aliphatic rings. The fourth-order valence-corrected chi connectivity index (χ4v) is 4.08. The van der Waals surface area contributed by atoms with Crippen molar-refractivity contribution in [2.24, 2.45) is 0 Å². The van der Waals surface area contributed by atoms with Crippen molar-refractivity contribution in [3.63, 3.8) is 0 Å². The number of aromatic nitrogens is 2. The van der Waals surface area contributed by atoms with Crippen LogP contribution >= 0.6 is 0 Å². The van der Waals surface area contributed by atoms with Gasteiger partial charge in [-0.1, -0.05) is 17.2 Å². The SMILES string of the molecule is Cc1cc(C)cc(C(=O)N2CCN(C(=O)c3cc4n(n3)CCCC4)CC2)c1. The molecular formula is C21H26N4O2. The average Bonchev–Trinajstić information content (AvgIpc) is 3.10. The van der Waals surface area contributed by atoms with Crippen LogP contribution in [0.15, 0.2) is 24.3 Å². The number of nitrogens with zero attached hydrogens (tertiary/aromatic N) is 4. The molecule has 0 unspecified atom stereocenters. The van der Waals surface area contributed by atoms with Crippen LogP contribution < -0.4 is 0 Å². The molecule has 1 fully saturated rings. The lowest BCUT2D eigenvalue weighted by atomic mass is 10.1. The zero-order valence-electron chi connectivity index (χ0n) is 16.1. The van der Waals surface area contributed by atoms with E-state index < -0.39 is 0 Å². The summed E-state index contributed by atoms with van der Waals surface area (Å²) in [5, 5.41) is 4.49. The number of carbonyl (C=O) groups excluding carboxylic acids is 2. The normalized spacial score (nSPS) is 17.0. The van der Waals surface area contributed by atoms with E-state index >= 15 is 0 Å². The van der Waals surface area contributed by atoms with Crippen molar-refractivity contribution in [3.05, 3.63) is 52.3 Å². The molecule has 27 heavy (non-hydrogen) atoms. The Hall–Kier alpha value is -2.63. The average molecular weight is 366 g/mol. The Labute approximate surface area is 159 Å². The molecule has 1 aromatic carbocycles. The number of aryl methyl sites for hydroxylation is 4. The Balaban J connectivity index is 1.40. The number of piperazine rings is 1. The number of hydrogen-bond donors (Lipinski definition) is 0. The van der Waals surface area contributed by atoms with E-state index in [2.05, 4.69) is 11.2 Å². The summed E-state index contributed by atoms with van der Waals surface area (Å²) >= 11 is 0. The Morgan fingerprint density at radius 1 is 0.815 bits per heavy atom. The Bertz CT molecular complexity index is 835. The molecule has 2 aromatic rings. The summed E-state index contributed by atoms with van der Waals surface area (Å²) < 4.78 is 1.97. The molecule has 2 aliphatic heterocycles. The van der Waals surface area contributed by atoms with Gasteiger partial charge in [-0.05, 0) is 51.3 Å². The smallest absolute Gasteiger partial charge is 0.274 e. The van der Waals surface area contributed by atoms with Gasteiger partial charge in [-0.25, -0.2) is 0 Å². The fraction of sp³-hybridized carbons (Fsp3) is 0.476. The van der Waals surface area contributed by atoms with Gasteiger partial charge in [0.15, 0.2) is 5.69 Å². The largest absolute Gasteiger partial charge is 0.335 e. The van der Waals surface area contributed by atoms with Gasteiger partial charge >= 0.3 is 0 Å². The number of hydrogen-bond acceptors (Lipinski definition) is 3. The lowest BCUT2D eigenvalue weighted by molar-refractivity contribution is 0.0531. The summed E-state index contributed by atoms with van der Waals surface area (Å²) in [6.45, 7) is 7.14. The van der Waals surface area contributed by atoms with Gasteiger partial charge in [0.25, 0.3) is 11.8 Å². The van der Waals surface area contributed by atoms with Crippen LogP contribution in [0, 0.1) is 13.8 Å². The molecule has 0 spiro atoms. The highest BCUT2D eigenvalue weighted by Crippen LogP contribution is 2.18. The molecule has 0 bridgehead atoms. The summed E-state index contributed by atoms with van der Waals surface area (Å²) in [6.07, 6.45) is 3.29. The van der Waals surface area contributed by atoms with Gasteiger partial charge in [-0.3, -0.25) is 14.3 Å². The van der Waals surface area contributed by atoms with Gasteiger partial charge in [0.1, 0.15) is 0 Å². The summed E-state index contributed by atoms with van der Waals surface area (Å²) in [5.41, 5.74) is 4.62. The second kappa shape index (κ2) is 7.18. The predicted octanol–water partition coefficient (Wildman–Crippen LogP) is 2.43. The fourth-order valence-electron chi connectivity index (χ4n) is 4.08. The first-order chi connectivity index (χ1) is 13.0. The zero-order chi connectivity index (χ0) is 19.0. The molecule has 0 N–H and O–H groups in total. The maximum absolute atomic E-state index is 12.8. The summed E-state index contributed by atoms with van der Waals surface area (Å²) in [7, 11) is 0. The number of carbonyl (C=O) groups is 2. The van der Waals surface area contributed by atoms with E-state index in [0.717, 1.165) is 41.8 Å². The van der Waals surface area contributed by atoms with Crippen LogP contribution in [0.4, 0.5) is 0 Å². The van der Waals surface area contributed by atoms with Crippen LogP contribution in [0.1, 0.15) is 50.5 Å². The van der Waals surface area contributed by atoms with E-state index in [1.165, 1.54) is 6.42 Å². The van der Waals surface area contributed by atoms with Crippen molar-refractivity contribution in [2.45, 2.75) is 39.7 Å². The molecule has 0 radical (unpaired) electrons. The quantitative estimate of drug-likeness (QED) is 0.820. The van der Waals surface area contributed by atoms with Crippen LogP contribution in [0.3, 0.4) is 0 Å². The molecule has 1 aromatic heterocycles. The molecule has 4 rings (SSSR count). The third-order valence-corrected chi connectivity index (χ3v) is 5.46. The van der Waals surface area contributed by atoms with Crippen LogP contribution in [-0.4, -0.2) is 57.6 Å². The lowest BCUT2D eigenvalue weighted by Gasteiger charge is -2.34. The van der Waals surface area contributed by atoms with E-state index in [9.17, 15) is 9.59 Å². The predicted molar refractivity (Wildman–Crippen MR) is 103 cm³/mol. The second-order valence-corrected chi connectivity index (χ2v) is 7.66. The monoisotopic (exact) mass is 366 g/mol. The molecule has 6 nitrogen and oxygen atoms in total. The van der Waals surface area contributed by atoms with Crippen molar-refractivity contribution < 1.29 is 9.59 Å². The standard InChI is InChI=1S/C21H26N4O2/c1-15-11-16(2)13-17(12-15)20(26)23-7-9-24(10-8-23)21(27)19-14-18-5-3-4-6-25(18)22-19/h11-14H,3-10H2,1-2H3.